The molecule has 0 heterocycles. The van der Waals surface area contributed by atoms with Crippen molar-refractivity contribution >= 4 is 76.4 Å². The minimum absolute atomic E-state index is 0. The van der Waals surface area contributed by atoms with Crippen LogP contribution in [0.15, 0.2) is 30.3 Å². The molecule has 0 spiro atoms. The SMILES string of the molecule is O=S(=O)(P)Oc1ccccc1.[RbH]. The van der Waals surface area contributed by atoms with Gasteiger partial charge in [0.2, 0.25) is 0 Å². The molecule has 0 N–H and O–H groups in total. The summed E-state index contributed by atoms with van der Waals surface area (Å²) in [6.45, 7) is 0. The molecule has 1 aromatic rings. The summed E-state index contributed by atoms with van der Waals surface area (Å²) in [5, 5.41) is 0. The Morgan fingerprint density at radius 1 is 1.17 bits per heavy atom. The monoisotopic (exact) mass is 276 g/mol. The fourth-order valence-electron chi connectivity index (χ4n) is 0.610. The molecule has 62 valence electrons. The fraction of sp³-hybridized carbons (Fsp3) is 0. The predicted molar refractivity (Wildman–Crippen MR) is 52.8 cm³/mol. The van der Waals surface area contributed by atoms with Crippen LogP contribution in [0.3, 0.4) is 0 Å². The first kappa shape index (κ1) is 13.2. The maximum atomic E-state index is 10.5. The van der Waals surface area contributed by atoms with Crippen molar-refractivity contribution in [1.82, 2.24) is 0 Å². The van der Waals surface area contributed by atoms with Gasteiger partial charge in [0, 0.05) is 8.44 Å². The van der Waals surface area contributed by atoms with Crippen LogP contribution < -0.4 is 4.18 Å². The van der Waals surface area contributed by atoms with E-state index in [1.807, 2.05) is 0 Å². The Morgan fingerprint density at radius 2 is 1.67 bits per heavy atom. The molecule has 0 fully saturated rings. The fourth-order valence-corrected chi connectivity index (χ4v) is 1.32. The molecular weight excluding hydrogens is 269 g/mol. The van der Waals surface area contributed by atoms with Crippen LogP contribution in [0.2, 0.25) is 0 Å². The van der Waals surface area contributed by atoms with Gasteiger partial charge in [-0.25, -0.2) is 0 Å². The summed E-state index contributed by atoms with van der Waals surface area (Å²) in [5.74, 6) is 0.322. The normalized spacial score (nSPS) is 10.1. The van der Waals surface area contributed by atoms with Crippen LogP contribution in [0, 0.1) is 0 Å². The quantitative estimate of drug-likeness (QED) is 0.741. The van der Waals surface area contributed by atoms with Crippen LogP contribution in [0.4, 0.5) is 0 Å². The molecule has 1 atom stereocenters. The molecule has 1 rings (SSSR count). The van der Waals surface area contributed by atoms with Gasteiger partial charge < -0.3 is 4.18 Å². The average molecular weight is 277 g/mol. The number of benzene rings is 1. The second-order valence-corrected chi connectivity index (χ2v) is 4.77. The molecule has 0 radical (unpaired) electrons. The molecule has 0 bridgehead atoms. The van der Waals surface area contributed by atoms with E-state index in [2.05, 4.69) is 4.18 Å². The van der Waals surface area contributed by atoms with Gasteiger partial charge in [-0.3, -0.25) is 0 Å². The van der Waals surface area contributed by atoms with Gasteiger partial charge in [0.1, 0.15) is 5.75 Å². The molecular formula is C6H8O3PRbS. The molecule has 0 saturated carbocycles. The van der Waals surface area contributed by atoms with Gasteiger partial charge in [-0.05, 0) is 12.1 Å². The second kappa shape index (κ2) is 5.84. The summed E-state index contributed by atoms with van der Waals surface area (Å²) in [7, 11) is -1.85. The van der Waals surface area contributed by atoms with Crippen molar-refractivity contribution in [2.24, 2.45) is 0 Å². The molecule has 0 aliphatic rings. The molecule has 1 unspecified atom stereocenters. The Kier molecular flexibility index (Phi) is 6.42. The predicted octanol–water partition coefficient (Wildman–Crippen LogP) is 0.537. The Bertz CT molecular complexity index is 324. The zero-order chi connectivity index (χ0) is 8.32. The van der Waals surface area contributed by atoms with Crippen molar-refractivity contribution in [2.45, 2.75) is 0 Å². The van der Waals surface area contributed by atoms with Gasteiger partial charge in [-0.2, -0.15) is 8.42 Å². The molecule has 0 saturated heterocycles. The van der Waals surface area contributed by atoms with E-state index in [1.165, 1.54) is 0 Å². The summed E-state index contributed by atoms with van der Waals surface area (Å²) in [6, 6.07) is 8.32. The first-order valence-corrected chi connectivity index (χ1v) is 5.74. The van der Waals surface area contributed by atoms with Crippen LogP contribution in [0.5, 0.6) is 5.75 Å². The first-order chi connectivity index (χ1) is 5.08. The van der Waals surface area contributed by atoms with Gasteiger partial charge in [0.15, 0.2) is 0 Å². The van der Waals surface area contributed by atoms with Crippen LogP contribution in [-0.4, -0.2) is 66.6 Å². The van der Waals surface area contributed by atoms with Gasteiger partial charge >= 0.3 is 67.9 Å². The van der Waals surface area contributed by atoms with Crippen LogP contribution in [0.25, 0.3) is 0 Å². The van der Waals surface area contributed by atoms with Crippen molar-refractivity contribution in [2.75, 3.05) is 0 Å². The zero-order valence-electron chi connectivity index (χ0n) is 5.60. The van der Waals surface area contributed by atoms with Crippen LogP contribution in [0.1, 0.15) is 0 Å². The van der Waals surface area contributed by atoms with Crippen LogP contribution >= 0.6 is 8.44 Å². The maximum absolute atomic E-state index is 10.5. The average Bonchev–Trinajstić information content (AvgIpc) is 1.85. The van der Waals surface area contributed by atoms with Gasteiger partial charge in [0.05, 0.1) is 0 Å². The van der Waals surface area contributed by atoms with E-state index < -0.39 is 9.74 Å². The molecule has 0 amide bonds. The van der Waals surface area contributed by atoms with Crippen molar-refractivity contribution < 1.29 is 12.6 Å². The van der Waals surface area contributed by atoms with Crippen molar-refractivity contribution in [3.8, 4) is 5.75 Å². The third-order valence-corrected chi connectivity index (χ3v) is 1.67. The molecule has 3 nitrogen and oxygen atoms in total. The number of hydrogen-bond donors (Lipinski definition) is 0. The Hall–Kier alpha value is 1.21. The van der Waals surface area contributed by atoms with Gasteiger partial charge in [-0.1, -0.05) is 18.2 Å². The third kappa shape index (κ3) is 5.78. The number of rotatable bonds is 2. The van der Waals surface area contributed by atoms with E-state index >= 15 is 0 Å². The first-order valence-electron chi connectivity index (χ1n) is 2.85. The Labute approximate surface area is 123 Å². The molecule has 1 aromatic carbocycles. The molecule has 12 heavy (non-hydrogen) atoms. The van der Waals surface area contributed by atoms with E-state index in [4.69, 9.17) is 0 Å². The van der Waals surface area contributed by atoms with Gasteiger partial charge in [0.25, 0.3) is 0 Å². The number of para-hydroxylation sites is 1. The Balaban J connectivity index is 0.00000121. The van der Waals surface area contributed by atoms with E-state index in [-0.39, 0.29) is 58.2 Å². The van der Waals surface area contributed by atoms with Crippen molar-refractivity contribution in [3.63, 3.8) is 0 Å². The summed E-state index contributed by atoms with van der Waals surface area (Å²) in [6.07, 6.45) is 0. The standard InChI is InChI=1S/C6H7O3PS.Rb.H/c7-11(8,10)9-6-4-2-1-3-5-6;;/h1-5H,10H2;;. The van der Waals surface area contributed by atoms with E-state index in [0.717, 1.165) is 0 Å². The van der Waals surface area contributed by atoms with E-state index in [0.29, 0.717) is 5.75 Å². The van der Waals surface area contributed by atoms with Crippen molar-refractivity contribution in [3.05, 3.63) is 30.3 Å². The third-order valence-electron chi connectivity index (χ3n) is 0.956. The van der Waals surface area contributed by atoms with Crippen molar-refractivity contribution in [1.29, 1.82) is 0 Å². The second-order valence-electron chi connectivity index (χ2n) is 1.89. The molecule has 0 aliphatic carbocycles. The molecule has 0 aromatic heterocycles. The van der Waals surface area contributed by atoms with E-state index in [9.17, 15) is 8.42 Å². The summed E-state index contributed by atoms with van der Waals surface area (Å²) in [5.41, 5.74) is 0. The van der Waals surface area contributed by atoms with E-state index in [1.54, 1.807) is 38.8 Å². The molecule has 0 aliphatic heterocycles. The Morgan fingerprint density at radius 3 is 2.08 bits per heavy atom. The van der Waals surface area contributed by atoms with Gasteiger partial charge in [-0.15, -0.1) is 0 Å². The summed E-state index contributed by atoms with van der Waals surface area (Å²) in [4.78, 5) is 0. The summed E-state index contributed by atoms with van der Waals surface area (Å²) < 4.78 is 25.6. The molecule has 6 heteroatoms. The topological polar surface area (TPSA) is 43.4 Å². The minimum atomic E-state index is -3.46. The zero-order valence-corrected chi connectivity index (χ0v) is 7.57. The van der Waals surface area contributed by atoms with Crippen LogP contribution in [-0.2, 0) is 9.74 Å². The summed E-state index contributed by atoms with van der Waals surface area (Å²) >= 11 is 0. The number of hydrogen-bond acceptors (Lipinski definition) is 3.